The number of amides is 2. The third-order valence-corrected chi connectivity index (χ3v) is 3.73. The first kappa shape index (κ1) is 16.8. The van der Waals surface area contributed by atoms with E-state index in [1.165, 1.54) is 18.2 Å². The van der Waals surface area contributed by atoms with Gasteiger partial charge in [0.2, 0.25) is 5.91 Å². The molecule has 0 heterocycles. The Bertz CT molecular complexity index is 759. The largest absolute Gasteiger partial charge is 0.507 e. The van der Waals surface area contributed by atoms with Crippen LogP contribution < -0.4 is 10.6 Å². The molecule has 2 aromatic carbocycles. The van der Waals surface area contributed by atoms with Crippen LogP contribution in [0, 0.1) is 13.8 Å². The minimum absolute atomic E-state index is 0.0250. The highest BCUT2D eigenvalue weighted by molar-refractivity contribution is 6.31. The van der Waals surface area contributed by atoms with Crippen molar-refractivity contribution >= 4 is 29.1 Å². The van der Waals surface area contributed by atoms with E-state index in [1.54, 1.807) is 6.07 Å². The fourth-order valence-electron chi connectivity index (χ4n) is 2.03. The number of phenolic OH excluding ortho intramolecular Hbond substituents is 1. The first-order chi connectivity index (χ1) is 10.9. The number of aryl methyl sites for hydroxylation is 1. The lowest BCUT2D eigenvalue weighted by Crippen LogP contribution is -2.33. The second-order valence-electron chi connectivity index (χ2n) is 5.14. The molecular formula is C17H17ClN2O3. The van der Waals surface area contributed by atoms with Crippen molar-refractivity contribution in [2.24, 2.45) is 0 Å². The van der Waals surface area contributed by atoms with Gasteiger partial charge in [0.25, 0.3) is 5.91 Å². The number of aromatic hydroxyl groups is 1. The summed E-state index contributed by atoms with van der Waals surface area (Å²) >= 11 is 5.79. The van der Waals surface area contributed by atoms with Crippen molar-refractivity contribution in [3.63, 3.8) is 0 Å². The second kappa shape index (κ2) is 7.15. The summed E-state index contributed by atoms with van der Waals surface area (Å²) in [4.78, 5) is 23.9. The molecule has 0 atom stereocenters. The Labute approximate surface area is 139 Å². The molecule has 0 aromatic heterocycles. The van der Waals surface area contributed by atoms with E-state index in [0.717, 1.165) is 11.1 Å². The van der Waals surface area contributed by atoms with Gasteiger partial charge in [0.1, 0.15) is 5.75 Å². The number of anilines is 1. The number of phenols is 1. The highest BCUT2D eigenvalue weighted by Gasteiger charge is 2.13. The van der Waals surface area contributed by atoms with E-state index in [2.05, 4.69) is 10.6 Å². The Kier molecular flexibility index (Phi) is 5.24. The Morgan fingerprint density at radius 3 is 2.65 bits per heavy atom. The van der Waals surface area contributed by atoms with E-state index in [1.807, 2.05) is 26.0 Å². The van der Waals surface area contributed by atoms with Crippen LogP contribution in [-0.4, -0.2) is 23.5 Å². The van der Waals surface area contributed by atoms with Gasteiger partial charge in [-0.15, -0.1) is 0 Å². The van der Waals surface area contributed by atoms with Crippen molar-refractivity contribution in [1.29, 1.82) is 0 Å². The maximum Gasteiger partial charge on any atom is 0.255 e. The highest BCUT2D eigenvalue weighted by Crippen LogP contribution is 2.21. The molecular weight excluding hydrogens is 316 g/mol. The normalized spacial score (nSPS) is 10.2. The van der Waals surface area contributed by atoms with Crippen molar-refractivity contribution in [3.8, 4) is 5.75 Å². The molecule has 0 bridgehead atoms. The van der Waals surface area contributed by atoms with Gasteiger partial charge in [0, 0.05) is 10.7 Å². The van der Waals surface area contributed by atoms with E-state index in [9.17, 15) is 14.7 Å². The van der Waals surface area contributed by atoms with Gasteiger partial charge in [0.15, 0.2) is 0 Å². The van der Waals surface area contributed by atoms with Crippen molar-refractivity contribution in [2.45, 2.75) is 13.8 Å². The van der Waals surface area contributed by atoms with E-state index in [4.69, 9.17) is 11.6 Å². The molecule has 0 unspecified atom stereocenters. The number of nitrogens with one attached hydrogen (secondary N) is 2. The number of carbonyl (C=O) groups is 2. The summed E-state index contributed by atoms with van der Waals surface area (Å²) in [6.07, 6.45) is 0. The smallest absolute Gasteiger partial charge is 0.255 e. The molecule has 0 spiro atoms. The topological polar surface area (TPSA) is 78.4 Å². The summed E-state index contributed by atoms with van der Waals surface area (Å²) in [5.41, 5.74) is 2.77. The molecule has 0 aliphatic heterocycles. The quantitative estimate of drug-likeness (QED) is 0.805. The number of benzene rings is 2. The van der Waals surface area contributed by atoms with Gasteiger partial charge >= 0.3 is 0 Å². The molecule has 0 aliphatic carbocycles. The number of hydrogen-bond donors (Lipinski definition) is 3. The standard InChI is InChI=1S/C17H17ClN2O3/c1-10-4-3-5-14(11(10)2)20-16(22)9-19-17(23)13-8-12(18)6-7-15(13)21/h3-8,21H,9H2,1-2H3,(H,19,23)(H,20,22). The van der Waals surface area contributed by atoms with Gasteiger partial charge in [0.05, 0.1) is 12.1 Å². The summed E-state index contributed by atoms with van der Waals surface area (Å²) in [7, 11) is 0. The predicted octanol–water partition coefficient (Wildman–Crippen LogP) is 3.03. The van der Waals surface area contributed by atoms with E-state index >= 15 is 0 Å². The average Bonchev–Trinajstić information content (AvgIpc) is 2.52. The molecule has 2 rings (SSSR count). The average molecular weight is 333 g/mol. The van der Waals surface area contributed by atoms with E-state index in [0.29, 0.717) is 10.7 Å². The van der Waals surface area contributed by atoms with Crippen LogP contribution >= 0.6 is 11.6 Å². The lowest BCUT2D eigenvalue weighted by atomic mass is 10.1. The van der Waals surface area contributed by atoms with Crippen LogP contribution in [0.1, 0.15) is 21.5 Å². The molecule has 0 aliphatic rings. The van der Waals surface area contributed by atoms with Gasteiger partial charge in [-0.3, -0.25) is 9.59 Å². The minimum atomic E-state index is -0.568. The van der Waals surface area contributed by atoms with Crippen molar-refractivity contribution in [3.05, 3.63) is 58.1 Å². The van der Waals surface area contributed by atoms with Gasteiger partial charge in [-0.25, -0.2) is 0 Å². The van der Waals surface area contributed by atoms with Gasteiger partial charge in [-0.2, -0.15) is 0 Å². The van der Waals surface area contributed by atoms with Gasteiger partial charge in [-0.05, 0) is 49.2 Å². The number of carbonyl (C=O) groups excluding carboxylic acids is 2. The van der Waals surface area contributed by atoms with Crippen LogP contribution in [-0.2, 0) is 4.79 Å². The molecule has 6 heteroatoms. The van der Waals surface area contributed by atoms with Crippen molar-refractivity contribution in [2.75, 3.05) is 11.9 Å². The maximum atomic E-state index is 12.0. The van der Waals surface area contributed by atoms with Crippen LogP contribution in [0.5, 0.6) is 5.75 Å². The molecule has 0 saturated carbocycles. The minimum Gasteiger partial charge on any atom is -0.507 e. The SMILES string of the molecule is Cc1cccc(NC(=O)CNC(=O)c2cc(Cl)ccc2O)c1C. The third-order valence-electron chi connectivity index (χ3n) is 3.49. The Balaban J connectivity index is 1.98. The zero-order valence-corrected chi connectivity index (χ0v) is 13.6. The summed E-state index contributed by atoms with van der Waals surface area (Å²) in [6.45, 7) is 3.65. The molecule has 2 amide bonds. The summed E-state index contributed by atoms with van der Waals surface area (Å²) in [5.74, 6) is -1.11. The van der Waals surface area contributed by atoms with E-state index in [-0.39, 0.29) is 23.8 Å². The molecule has 0 radical (unpaired) electrons. The Hall–Kier alpha value is -2.53. The summed E-state index contributed by atoms with van der Waals surface area (Å²) in [5, 5.41) is 15.2. The van der Waals surface area contributed by atoms with Crippen molar-refractivity contribution < 1.29 is 14.7 Å². The molecule has 3 N–H and O–H groups in total. The van der Waals surface area contributed by atoms with Gasteiger partial charge in [-0.1, -0.05) is 23.7 Å². The highest BCUT2D eigenvalue weighted by atomic mass is 35.5. The van der Waals surface area contributed by atoms with Crippen LogP contribution in [0.15, 0.2) is 36.4 Å². The van der Waals surface area contributed by atoms with Crippen LogP contribution in [0.4, 0.5) is 5.69 Å². The zero-order chi connectivity index (χ0) is 17.0. The predicted molar refractivity (Wildman–Crippen MR) is 90.0 cm³/mol. The lowest BCUT2D eigenvalue weighted by molar-refractivity contribution is -0.115. The second-order valence-corrected chi connectivity index (χ2v) is 5.58. The first-order valence-electron chi connectivity index (χ1n) is 7.01. The monoisotopic (exact) mass is 332 g/mol. The molecule has 23 heavy (non-hydrogen) atoms. The van der Waals surface area contributed by atoms with Crippen LogP contribution in [0.3, 0.4) is 0 Å². The summed E-state index contributed by atoms with van der Waals surface area (Å²) in [6, 6.07) is 9.74. The zero-order valence-electron chi connectivity index (χ0n) is 12.8. The maximum absolute atomic E-state index is 12.0. The summed E-state index contributed by atoms with van der Waals surface area (Å²) < 4.78 is 0. The fraction of sp³-hybridized carbons (Fsp3) is 0.176. The van der Waals surface area contributed by atoms with Crippen LogP contribution in [0.25, 0.3) is 0 Å². The van der Waals surface area contributed by atoms with Crippen LogP contribution in [0.2, 0.25) is 5.02 Å². The lowest BCUT2D eigenvalue weighted by Gasteiger charge is -2.11. The van der Waals surface area contributed by atoms with E-state index < -0.39 is 5.91 Å². The first-order valence-corrected chi connectivity index (χ1v) is 7.39. The molecule has 0 fully saturated rings. The fourth-order valence-corrected chi connectivity index (χ4v) is 2.20. The number of hydrogen-bond acceptors (Lipinski definition) is 3. The molecule has 2 aromatic rings. The molecule has 0 saturated heterocycles. The number of rotatable bonds is 4. The number of halogens is 1. The van der Waals surface area contributed by atoms with Gasteiger partial charge < -0.3 is 15.7 Å². The third kappa shape index (κ3) is 4.23. The Morgan fingerprint density at radius 2 is 1.91 bits per heavy atom. The molecule has 5 nitrogen and oxygen atoms in total. The molecule has 120 valence electrons. The Morgan fingerprint density at radius 1 is 1.17 bits per heavy atom. The van der Waals surface area contributed by atoms with Crippen molar-refractivity contribution in [1.82, 2.24) is 5.32 Å².